The van der Waals surface area contributed by atoms with Crippen LogP contribution in [0.5, 0.6) is 0 Å². The van der Waals surface area contributed by atoms with Crippen LogP contribution in [0.4, 0.5) is 4.39 Å². The van der Waals surface area contributed by atoms with Crippen LogP contribution in [0.25, 0.3) is 0 Å². The van der Waals surface area contributed by atoms with Crippen LogP contribution in [0, 0.1) is 30.0 Å². The van der Waals surface area contributed by atoms with Crippen molar-refractivity contribution >= 4 is 0 Å². The lowest BCUT2D eigenvalue weighted by Crippen LogP contribution is -2.35. The average Bonchev–Trinajstić information content (AvgIpc) is 2.28. The third-order valence-electron chi connectivity index (χ3n) is 3.94. The Hall–Kier alpha value is -0.890. The van der Waals surface area contributed by atoms with Crippen molar-refractivity contribution in [3.63, 3.8) is 0 Å². The molecule has 0 radical (unpaired) electrons. The van der Waals surface area contributed by atoms with E-state index < -0.39 is 0 Å². The zero-order valence-electron chi connectivity index (χ0n) is 13.9. The summed E-state index contributed by atoms with van der Waals surface area (Å²) in [6, 6.07) is 5.14. The number of hydrogen-bond acceptors (Lipinski definition) is 1. The third-order valence-corrected chi connectivity index (χ3v) is 3.94. The van der Waals surface area contributed by atoms with Gasteiger partial charge in [0.25, 0.3) is 0 Å². The molecule has 0 aliphatic rings. The summed E-state index contributed by atoms with van der Waals surface area (Å²) < 4.78 is 13.2. The largest absolute Gasteiger partial charge is 0.316 e. The van der Waals surface area contributed by atoms with Gasteiger partial charge >= 0.3 is 0 Å². The lowest BCUT2D eigenvalue weighted by atomic mass is 9.76. The predicted molar refractivity (Wildman–Crippen MR) is 85.5 cm³/mol. The third kappa shape index (κ3) is 5.62. The minimum atomic E-state index is -0.142. The Kier molecular flexibility index (Phi) is 6.19. The molecule has 1 aromatic rings. The van der Waals surface area contributed by atoms with Crippen molar-refractivity contribution in [3.05, 3.63) is 35.1 Å². The maximum Gasteiger partial charge on any atom is 0.123 e. The van der Waals surface area contributed by atoms with Crippen LogP contribution >= 0.6 is 0 Å². The first-order valence-corrected chi connectivity index (χ1v) is 7.66. The van der Waals surface area contributed by atoms with E-state index in [9.17, 15) is 4.39 Å². The molecule has 0 saturated carbocycles. The van der Waals surface area contributed by atoms with Gasteiger partial charge in [-0.2, -0.15) is 0 Å². The topological polar surface area (TPSA) is 12.0 Å². The van der Waals surface area contributed by atoms with E-state index in [4.69, 9.17) is 0 Å². The van der Waals surface area contributed by atoms with Gasteiger partial charge in [0.2, 0.25) is 0 Å². The van der Waals surface area contributed by atoms with Crippen LogP contribution in [0.2, 0.25) is 0 Å². The van der Waals surface area contributed by atoms with Crippen molar-refractivity contribution in [1.82, 2.24) is 5.32 Å². The van der Waals surface area contributed by atoms with E-state index in [1.807, 2.05) is 13.0 Å². The maximum absolute atomic E-state index is 13.2. The molecule has 0 aliphatic heterocycles. The fourth-order valence-electron chi connectivity index (χ4n) is 2.38. The van der Waals surface area contributed by atoms with E-state index in [0.717, 1.165) is 25.1 Å². The zero-order valence-corrected chi connectivity index (χ0v) is 13.9. The maximum atomic E-state index is 13.2. The molecule has 0 fully saturated rings. The summed E-state index contributed by atoms with van der Waals surface area (Å²) in [4.78, 5) is 0. The molecule has 1 aromatic carbocycles. The molecule has 1 nitrogen and oxygen atoms in total. The standard InChI is InChI=1S/C18H30FN/c1-13(2)11-20-12-16(18(4,5)6)10-15-7-8-17(19)9-14(15)3/h7-9,13,16,20H,10-12H2,1-6H3. The normalized spacial score (nSPS) is 13.8. The second-order valence-electron chi connectivity index (χ2n) is 7.39. The first kappa shape index (κ1) is 17.2. The molecule has 1 rings (SSSR count). The molecule has 0 saturated heterocycles. The average molecular weight is 279 g/mol. The second-order valence-corrected chi connectivity index (χ2v) is 7.39. The lowest BCUT2D eigenvalue weighted by Gasteiger charge is -2.32. The van der Waals surface area contributed by atoms with Crippen molar-refractivity contribution in [2.45, 2.75) is 48.0 Å². The summed E-state index contributed by atoms with van der Waals surface area (Å²) in [6.45, 7) is 15.4. The van der Waals surface area contributed by atoms with Crippen molar-refractivity contribution in [3.8, 4) is 0 Å². The first-order chi connectivity index (χ1) is 9.20. The number of halogens is 1. The van der Waals surface area contributed by atoms with Crippen molar-refractivity contribution < 1.29 is 4.39 Å². The Labute approximate surface area is 124 Å². The van der Waals surface area contributed by atoms with Crippen LogP contribution < -0.4 is 5.32 Å². The Morgan fingerprint density at radius 3 is 2.30 bits per heavy atom. The van der Waals surface area contributed by atoms with Gasteiger partial charge in [-0.1, -0.05) is 40.7 Å². The van der Waals surface area contributed by atoms with Gasteiger partial charge in [-0.15, -0.1) is 0 Å². The quantitative estimate of drug-likeness (QED) is 0.803. The molecule has 0 heterocycles. The van der Waals surface area contributed by atoms with E-state index in [1.165, 1.54) is 5.56 Å². The van der Waals surface area contributed by atoms with Gasteiger partial charge in [-0.3, -0.25) is 0 Å². The van der Waals surface area contributed by atoms with Crippen LogP contribution in [0.3, 0.4) is 0 Å². The van der Waals surface area contributed by atoms with E-state index in [0.29, 0.717) is 11.8 Å². The molecule has 1 atom stereocenters. The predicted octanol–water partition coefficient (Wildman–Crippen LogP) is 4.58. The molecular weight excluding hydrogens is 249 g/mol. The fourth-order valence-corrected chi connectivity index (χ4v) is 2.38. The monoisotopic (exact) mass is 279 g/mol. The summed E-state index contributed by atoms with van der Waals surface area (Å²) in [5.74, 6) is 1.07. The minimum absolute atomic E-state index is 0.142. The summed E-state index contributed by atoms with van der Waals surface area (Å²) in [5, 5.41) is 3.57. The lowest BCUT2D eigenvalue weighted by molar-refractivity contribution is 0.228. The SMILES string of the molecule is Cc1cc(F)ccc1CC(CNCC(C)C)C(C)(C)C. The Balaban J connectivity index is 2.74. The van der Waals surface area contributed by atoms with Crippen LogP contribution in [0.1, 0.15) is 45.7 Å². The van der Waals surface area contributed by atoms with Gasteiger partial charge in [0, 0.05) is 0 Å². The van der Waals surface area contributed by atoms with Gasteiger partial charge in [0.15, 0.2) is 0 Å². The van der Waals surface area contributed by atoms with Gasteiger partial charge < -0.3 is 5.32 Å². The number of aryl methyl sites for hydroxylation is 1. The smallest absolute Gasteiger partial charge is 0.123 e. The highest BCUT2D eigenvalue weighted by Gasteiger charge is 2.25. The molecule has 0 spiro atoms. The molecule has 0 aliphatic carbocycles. The summed E-state index contributed by atoms with van der Waals surface area (Å²) in [7, 11) is 0. The van der Waals surface area contributed by atoms with Crippen LogP contribution in [-0.4, -0.2) is 13.1 Å². The summed E-state index contributed by atoms with van der Waals surface area (Å²) in [5.41, 5.74) is 2.56. The molecule has 0 amide bonds. The fraction of sp³-hybridized carbons (Fsp3) is 0.667. The van der Waals surface area contributed by atoms with Crippen molar-refractivity contribution in [2.75, 3.05) is 13.1 Å². The van der Waals surface area contributed by atoms with E-state index >= 15 is 0 Å². The summed E-state index contributed by atoms with van der Waals surface area (Å²) >= 11 is 0. The molecule has 1 unspecified atom stereocenters. The van der Waals surface area contributed by atoms with Crippen molar-refractivity contribution in [2.24, 2.45) is 17.3 Å². The Morgan fingerprint density at radius 1 is 1.15 bits per heavy atom. The molecule has 114 valence electrons. The van der Waals surface area contributed by atoms with Crippen LogP contribution in [0.15, 0.2) is 18.2 Å². The molecule has 0 bridgehead atoms. The van der Waals surface area contributed by atoms with E-state index in [-0.39, 0.29) is 11.2 Å². The highest BCUT2D eigenvalue weighted by atomic mass is 19.1. The molecule has 20 heavy (non-hydrogen) atoms. The van der Waals surface area contributed by atoms with E-state index in [2.05, 4.69) is 39.9 Å². The molecule has 1 N–H and O–H groups in total. The first-order valence-electron chi connectivity index (χ1n) is 7.66. The van der Waals surface area contributed by atoms with Gasteiger partial charge in [-0.25, -0.2) is 4.39 Å². The van der Waals surface area contributed by atoms with Crippen LogP contribution in [-0.2, 0) is 6.42 Å². The zero-order chi connectivity index (χ0) is 15.3. The second kappa shape index (κ2) is 7.21. The molecule has 0 aromatic heterocycles. The summed E-state index contributed by atoms with van der Waals surface area (Å²) in [6.07, 6.45) is 1.00. The Morgan fingerprint density at radius 2 is 1.80 bits per heavy atom. The highest BCUT2D eigenvalue weighted by molar-refractivity contribution is 5.27. The van der Waals surface area contributed by atoms with Crippen molar-refractivity contribution in [1.29, 1.82) is 0 Å². The van der Waals surface area contributed by atoms with Gasteiger partial charge in [0.05, 0.1) is 0 Å². The number of hydrogen-bond donors (Lipinski definition) is 1. The molecule has 2 heteroatoms. The molecular formula is C18H30FN. The number of nitrogens with one attached hydrogen (secondary N) is 1. The van der Waals surface area contributed by atoms with E-state index in [1.54, 1.807) is 12.1 Å². The number of benzene rings is 1. The number of rotatable bonds is 6. The van der Waals surface area contributed by atoms with Gasteiger partial charge in [0.1, 0.15) is 5.82 Å². The Bertz CT molecular complexity index is 418. The highest BCUT2D eigenvalue weighted by Crippen LogP contribution is 2.29. The van der Waals surface area contributed by atoms with Gasteiger partial charge in [-0.05, 0) is 66.9 Å². The minimum Gasteiger partial charge on any atom is -0.316 e.